The molecule has 0 bridgehead atoms. The molecule has 0 spiro atoms. The lowest BCUT2D eigenvalue weighted by Gasteiger charge is -2.29. The van der Waals surface area contributed by atoms with E-state index in [0.717, 1.165) is 6.42 Å². The first kappa shape index (κ1) is 16.3. The van der Waals surface area contributed by atoms with Crippen LogP contribution >= 0.6 is 0 Å². The Hall–Kier alpha value is -0.780. The molecule has 0 aromatic carbocycles. The van der Waals surface area contributed by atoms with Crippen LogP contribution in [-0.4, -0.2) is 24.7 Å². The molecule has 0 heterocycles. The number of hydrogen-bond acceptors (Lipinski definition) is 2. The monoisotopic (exact) mass is 280 g/mol. The smallest absolute Gasteiger partial charge is 0.356 e. The molecule has 0 aromatic heterocycles. The average Bonchev–Trinajstić information content (AvgIpc) is 2.37. The second-order valence-electron chi connectivity index (χ2n) is 5.35. The molecule has 3 N–H and O–H groups in total. The summed E-state index contributed by atoms with van der Waals surface area (Å²) in [5, 5.41) is 2.70. The number of carbonyl (C=O) groups excluding carboxylic acids is 1. The van der Waals surface area contributed by atoms with Gasteiger partial charge in [0, 0.05) is 18.5 Å². The minimum absolute atomic E-state index is 0.0366. The van der Waals surface area contributed by atoms with Gasteiger partial charge < -0.3 is 11.1 Å². The highest BCUT2D eigenvalue weighted by Gasteiger charge is 2.43. The summed E-state index contributed by atoms with van der Waals surface area (Å²) in [6.45, 7) is 2.41. The number of nitrogens with two attached hydrogens (primary N) is 1. The Labute approximate surface area is 112 Å². The number of nitrogens with one attached hydrogen (secondary N) is 1. The largest absolute Gasteiger partial charge is 0.391 e. The van der Waals surface area contributed by atoms with Gasteiger partial charge in [0.2, 0.25) is 5.91 Å². The molecule has 0 radical (unpaired) electrons. The van der Waals surface area contributed by atoms with Crippen LogP contribution < -0.4 is 11.1 Å². The highest BCUT2D eigenvalue weighted by Crippen LogP contribution is 2.39. The lowest BCUT2D eigenvalue weighted by Crippen LogP contribution is -2.38. The van der Waals surface area contributed by atoms with Crippen LogP contribution in [0.25, 0.3) is 0 Å². The van der Waals surface area contributed by atoms with E-state index in [1.54, 1.807) is 0 Å². The summed E-state index contributed by atoms with van der Waals surface area (Å²) < 4.78 is 37.9. The molecule has 6 heteroatoms. The molecule has 1 aliphatic rings. The maximum atomic E-state index is 12.6. The fourth-order valence-electron chi connectivity index (χ4n) is 2.45. The van der Waals surface area contributed by atoms with E-state index < -0.39 is 18.0 Å². The van der Waals surface area contributed by atoms with E-state index in [9.17, 15) is 18.0 Å². The molecule has 1 rings (SSSR count). The molecule has 112 valence electrons. The Bertz CT molecular complexity index is 294. The summed E-state index contributed by atoms with van der Waals surface area (Å²) in [6.07, 6.45) is -1.59. The van der Waals surface area contributed by atoms with Gasteiger partial charge in [0.15, 0.2) is 0 Å². The zero-order chi connectivity index (χ0) is 14.5. The van der Waals surface area contributed by atoms with Crippen molar-refractivity contribution < 1.29 is 18.0 Å². The highest BCUT2D eigenvalue weighted by atomic mass is 19.4. The normalized spacial score (nSPS) is 25.9. The number of rotatable bonds is 5. The van der Waals surface area contributed by atoms with Gasteiger partial charge in [0.05, 0.1) is 5.92 Å². The van der Waals surface area contributed by atoms with E-state index in [2.05, 4.69) is 5.32 Å². The minimum Gasteiger partial charge on any atom is -0.356 e. The predicted octanol–water partition coefficient (Wildman–Crippen LogP) is 2.60. The number of alkyl halides is 3. The van der Waals surface area contributed by atoms with Crippen molar-refractivity contribution in [1.82, 2.24) is 5.32 Å². The molecule has 1 aliphatic carbocycles. The first-order chi connectivity index (χ1) is 8.84. The Kier molecular flexibility index (Phi) is 6.10. The maximum absolute atomic E-state index is 12.6. The number of amides is 1. The summed E-state index contributed by atoms with van der Waals surface area (Å²) in [6, 6.07) is 0.0366. The van der Waals surface area contributed by atoms with E-state index in [1.807, 2.05) is 6.92 Å². The molecular formula is C13H23F3N2O. The molecule has 0 aliphatic heterocycles. The summed E-state index contributed by atoms with van der Waals surface area (Å²) in [5.74, 6) is -2.08. The fourth-order valence-corrected chi connectivity index (χ4v) is 2.45. The third kappa shape index (κ3) is 5.38. The number of hydrogen-bond donors (Lipinski definition) is 2. The van der Waals surface area contributed by atoms with Crippen LogP contribution in [0.4, 0.5) is 13.2 Å². The Morgan fingerprint density at radius 1 is 1.42 bits per heavy atom. The van der Waals surface area contributed by atoms with Crippen molar-refractivity contribution in [3.05, 3.63) is 0 Å². The zero-order valence-electron chi connectivity index (χ0n) is 11.3. The molecule has 1 amide bonds. The Morgan fingerprint density at radius 2 is 2.11 bits per heavy atom. The highest BCUT2D eigenvalue weighted by molar-refractivity contribution is 5.78. The van der Waals surface area contributed by atoms with Crippen molar-refractivity contribution in [1.29, 1.82) is 0 Å². The van der Waals surface area contributed by atoms with Gasteiger partial charge in [-0.15, -0.1) is 0 Å². The summed E-state index contributed by atoms with van der Waals surface area (Å²) in [4.78, 5) is 11.8. The molecule has 0 saturated heterocycles. The lowest BCUT2D eigenvalue weighted by molar-refractivity contribution is -0.186. The van der Waals surface area contributed by atoms with Crippen molar-refractivity contribution >= 4 is 5.91 Å². The summed E-state index contributed by atoms with van der Waals surface area (Å²) in [5.41, 5.74) is 5.72. The van der Waals surface area contributed by atoms with Gasteiger partial charge in [0.1, 0.15) is 0 Å². The SMILES string of the molecule is CCC(N)CCNC(=O)C1CCCC(C(F)(F)F)C1. The summed E-state index contributed by atoms with van der Waals surface area (Å²) >= 11 is 0. The molecule has 3 atom stereocenters. The topological polar surface area (TPSA) is 55.1 Å². The van der Waals surface area contributed by atoms with E-state index >= 15 is 0 Å². The predicted molar refractivity (Wildman–Crippen MR) is 67.4 cm³/mol. The quantitative estimate of drug-likeness (QED) is 0.813. The van der Waals surface area contributed by atoms with Crippen molar-refractivity contribution in [3.63, 3.8) is 0 Å². The van der Waals surface area contributed by atoms with Crippen molar-refractivity contribution in [2.45, 2.75) is 57.7 Å². The second kappa shape index (κ2) is 7.12. The first-order valence-electron chi connectivity index (χ1n) is 6.94. The van der Waals surface area contributed by atoms with Crippen LogP contribution in [0.5, 0.6) is 0 Å². The van der Waals surface area contributed by atoms with Crippen LogP contribution in [0.3, 0.4) is 0 Å². The Balaban J connectivity index is 2.36. The van der Waals surface area contributed by atoms with Crippen LogP contribution in [0.1, 0.15) is 45.4 Å². The van der Waals surface area contributed by atoms with Gasteiger partial charge in [-0.05, 0) is 32.1 Å². The van der Waals surface area contributed by atoms with Crippen molar-refractivity contribution in [2.75, 3.05) is 6.54 Å². The van der Waals surface area contributed by atoms with Gasteiger partial charge in [-0.3, -0.25) is 4.79 Å². The molecule has 3 unspecified atom stereocenters. The van der Waals surface area contributed by atoms with Gasteiger partial charge in [-0.25, -0.2) is 0 Å². The number of carbonyl (C=O) groups is 1. The van der Waals surface area contributed by atoms with E-state index in [-0.39, 0.29) is 24.8 Å². The van der Waals surface area contributed by atoms with E-state index in [1.165, 1.54) is 0 Å². The van der Waals surface area contributed by atoms with E-state index in [4.69, 9.17) is 5.73 Å². The van der Waals surface area contributed by atoms with E-state index in [0.29, 0.717) is 25.8 Å². The molecule has 1 fully saturated rings. The fraction of sp³-hybridized carbons (Fsp3) is 0.923. The third-order valence-corrected chi connectivity index (χ3v) is 3.85. The van der Waals surface area contributed by atoms with Crippen molar-refractivity contribution in [3.8, 4) is 0 Å². The standard InChI is InChI=1S/C13H23F3N2O/c1-2-11(17)6-7-18-12(19)9-4-3-5-10(8-9)13(14,15)16/h9-11H,2-8,17H2,1H3,(H,18,19). The van der Waals surface area contributed by atoms with Crippen LogP contribution in [0.15, 0.2) is 0 Å². The molecule has 3 nitrogen and oxygen atoms in total. The third-order valence-electron chi connectivity index (χ3n) is 3.85. The van der Waals surface area contributed by atoms with Crippen LogP contribution in [-0.2, 0) is 4.79 Å². The molecular weight excluding hydrogens is 257 g/mol. The Morgan fingerprint density at radius 3 is 2.68 bits per heavy atom. The van der Waals surface area contributed by atoms with Crippen LogP contribution in [0, 0.1) is 11.8 Å². The van der Waals surface area contributed by atoms with Gasteiger partial charge in [-0.1, -0.05) is 13.3 Å². The maximum Gasteiger partial charge on any atom is 0.391 e. The average molecular weight is 280 g/mol. The minimum atomic E-state index is -4.18. The lowest BCUT2D eigenvalue weighted by atomic mass is 9.80. The first-order valence-corrected chi connectivity index (χ1v) is 6.94. The zero-order valence-corrected chi connectivity index (χ0v) is 11.3. The van der Waals surface area contributed by atoms with Gasteiger partial charge in [0.25, 0.3) is 0 Å². The molecule has 19 heavy (non-hydrogen) atoms. The summed E-state index contributed by atoms with van der Waals surface area (Å²) in [7, 11) is 0. The van der Waals surface area contributed by atoms with Gasteiger partial charge in [-0.2, -0.15) is 13.2 Å². The molecule has 0 aromatic rings. The van der Waals surface area contributed by atoms with Crippen LogP contribution in [0.2, 0.25) is 0 Å². The number of halogens is 3. The van der Waals surface area contributed by atoms with Gasteiger partial charge >= 0.3 is 6.18 Å². The van der Waals surface area contributed by atoms with Crippen molar-refractivity contribution in [2.24, 2.45) is 17.6 Å². The second-order valence-corrected chi connectivity index (χ2v) is 5.35. The molecule has 1 saturated carbocycles.